The van der Waals surface area contributed by atoms with Crippen LogP contribution in [0.2, 0.25) is 0 Å². The average molecular weight is 370 g/mol. The Morgan fingerprint density at radius 2 is 1.96 bits per heavy atom. The normalized spacial score (nSPS) is 30.5. The molecule has 3 heterocycles. The van der Waals surface area contributed by atoms with Crippen LogP contribution in [0.25, 0.3) is 21.8 Å². The van der Waals surface area contributed by atoms with E-state index in [4.69, 9.17) is 5.73 Å². The molecule has 2 aromatic carbocycles. The third-order valence-electron chi connectivity index (χ3n) is 7.64. The molecular weight excluding hydrogens is 348 g/mol. The number of anilines is 2. The molecule has 2 aliphatic carbocycles. The molecule has 28 heavy (non-hydrogen) atoms. The van der Waals surface area contributed by atoms with Crippen molar-refractivity contribution in [3.8, 4) is 0 Å². The number of nitrogen functional groups attached to an aromatic ring is 1. The van der Waals surface area contributed by atoms with Gasteiger partial charge < -0.3 is 11.1 Å². The van der Waals surface area contributed by atoms with Crippen molar-refractivity contribution < 1.29 is 0 Å². The minimum Gasteiger partial charge on any atom is -0.382 e. The lowest BCUT2D eigenvalue weighted by atomic mass is 9.67. The van der Waals surface area contributed by atoms with Gasteiger partial charge in [0.1, 0.15) is 0 Å². The van der Waals surface area contributed by atoms with E-state index in [1.807, 2.05) is 6.20 Å². The highest BCUT2D eigenvalue weighted by molar-refractivity contribution is 5.90. The van der Waals surface area contributed by atoms with Gasteiger partial charge in [-0.1, -0.05) is 6.07 Å². The zero-order chi connectivity index (χ0) is 18.4. The van der Waals surface area contributed by atoms with Crippen LogP contribution in [0.3, 0.4) is 0 Å². The fourth-order valence-corrected chi connectivity index (χ4v) is 6.57. The number of nitrogens with two attached hydrogens (primary N) is 1. The maximum Gasteiger partial charge on any atom is 0.153 e. The van der Waals surface area contributed by atoms with Crippen LogP contribution >= 0.6 is 0 Å². The van der Waals surface area contributed by atoms with E-state index in [2.05, 4.69) is 56.0 Å². The summed E-state index contributed by atoms with van der Waals surface area (Å²) in [5.74, 6) is 3.37. The first-order valence-electron chi connectivity index (χ1n) is 10.2. The first-order chi connectivity index (χ1) is 13.8. The van der Waals surface area contributed by atoms with Gasteiger partial charge in [-0.2, -0.15) is 10.2 Å². The number of hydrogen-bond donors (Lipinski definition) is 4. The van der Waals surface area contributed by atoms with Gasteiger partial charge in [0.2, 0.25) is 0 Å². The Morgan fingerprint density at radius 3 is 2.93 bits per heavy atom. The van der Waals surface area contributed by atoms with E-state index < -0.39 is 0 Å². The summed E-state index contributed by atoms with van der Waals surface area (Å²) < 4.78 is 0. The van der Waals surface area contributed by atoms with Gasteiger partial charge in [-0.05, 0) is 72.8 Å². The van der Waals surface area contributed by atoms with Gasteiger partial charge in [0.15, 0.2) is 5.82 Å². The molecule has 2 fully saturated rings. The number of nitrogens with one attached hydrogen (secondary N) is 3. The van der Waals surface area contributed by atoms with Crippen molar-refractivity contribution in [1.82, 2.24) is 20.4 Å². The number of rotatable bonds is 1. The molecule has 2 bridgehead atoms. The number of fused-ring (bicyclic) bond motifs is 10. The standard InChI is InChI=1S/C22H22N6/c23-22-14-8-12(3-5-15(14)26-28-22)20-18-11-2-1-10(7-11)17(18)19-16(25-20)6-4-13-9-24-27-21(13)19/h3-6,8-11,17-18,20,25H,1-2,7H2,(H,24,27)(H3,23,26,28). The Labute approximate surface area is 161 Å². The molecule has 6 heteroatoms. The molecule has 0 spiro atoms. The van der Waals surface area contributed by atoms with Crippen LogP contribution in [-0.4, -0.2) is 20.4 Å². The van der Waals surface area contributed by atoms with E-state index in [1.54, 1.807) is 0 Å². The van der Waals surface area contributed by atoms with Crippen molar-refractivity contribution in [2.24, 2.45) is 17.8 Å². The molecular formula is C22H22N6. The van der Waals surface area contributed by atoms with E-state index >= 15 is 0 Å². The second-order valence-electron chi connectivity index (χ2n) is 8.83. The topological polar surface area (TPSA) is 95.4 Å². The van der Waals surface area contributed by atoms with Gasteiger partial charge in [0.05, 0.1) is 23.3 Å². The molecule has 5 N–H and O–H groups in total. The summed E-state index contributed by atoms with van der Waals surface area (Å²) in [4.78, 5) is 0. The van der Waals surface area contributed by atoms with E-state index in [0.717, 1.165) is 22.7 Å². The first kappa shape index (κ1) is 15.0. The van der Waals surface area contributed by atoms with Crippen molar-refractivity contribution >= 4 is 33.3 Å². The highest BCUT2D eigenvalue weighted by atomic mass is 15.1. The van der Waals surface area contributed by atoms with Crippen molar-refractivity contribution in [2.75, 3.05) is 11.1 Å². The molecule has 7 rings (SSSR count). The van der Waals surface area contributed by atoms with Crippen LogP contribution in [0.1, 0.15) is 42.3 Å². The van der Waals surface area contributed by atoms with Gasteiger partial charge in [0.25, 0.3) is 0 Å². The third-order valence-corrected chi connectivity index (χ3v) is 7.64. The SMILES string of the molecule is Nc1n[nH]c2ccc(C3Nc4ccc5cn[nH]c5c4C4C5CCC(C5)C34)cc12. The van der Waals surface area contributed by atoms with E-state index in [0.29, 0.717) is 23.7 Å². The number of benzene rings is 2. The van der Waals surface area contributed by atoms with Crippen molar-refractivity contribution in [3.05, 3.63) is 47.7 Å². The second-order valence-corrected chi connectivity index (χ2v) is 8.83. The summed E-state index contributed by atoms with van der Waals surface area (Å²) in [5.41, 5.74) is 12.4. The Kier molecular flexibility index (Phi) is 2.71. The Balaban J connectivity index is 1.44. The Morgan fingerprint density at radius 1 is 1.04 bits per heavy atom. The molecule has 1 aliphatic heterocycles. The molecule has 0 saturated heterocycles. The molecule has 3 aliphatic rings. The van der Waals surface area contributed by atoms with Crippen molar-refractivity contribution in [1.29, 1.82) is 0 Å². The summed E-state index contributed by atoms with van der Waals surface area (Å²) >= 11 is 0. The lowest BCUT2D eigenvalue weighted by molar-refractivity contribution is 0.249. The van der Waals surface area contributed by atoms with E-state index in [9.17, 15) is 0 Å². The summed E-state index contributed by atoms with van der Waals surface area (Å²) in [6.45, 7) is 0. The lowest BCUT2D eigenvalue weighted by Crippen LogP contribution is -2.35. The smallest absolute Gasteiger partial charge is 0.153 e. The Bertz CT molecular complexity index is 1240. The van der Waals surface area contributed by atoms with Crippen molar-refractivity contribution in [2.45, 2.75) is 31.2 Å². The fraction of sp³-hybridized carbons (Fsp3) is 0.364. The highest BCUT2D eigenvalue weighted by Crippen LogP contribution is 2.64. The fourth-order valence-electron chi connectivity index (χ4n) is 6.57. The van der Waals surface area contributed by atoms with Gasteiger partial charge in [0, 0.05) is 22.0 Å². The molecule has 5 atom stereocenters. The van der Waals surface area contributed by atoms with Gasteiger partial charge >= 0.3 is 0 Å². The number of H-pyrrole nitrogens is 2. The lowest BCUT2D eigenvalue weighted by Gasteiger charge is -2.43. The quantitative estimate of drug-likeness (QED) is 0.401. The molecule has 0 radical (unpaired) electrons. The van der Waals surface area contributed by atoms with Crippen LogP contribution in [0.4, 0.5) is 11.5 Å². The highest BCUT2D eigenvalue weighted by Gasteiger charge is 2.54. The average Bonchev–Trinajstić information content (AvgIpc) is 3.51. The maximum absolute atomic E-state index is 6.10. The number of hydrogen-bond acceptors (Lipinski definition) is 4. The molecule has 5 unspecified atom stereocenters. The Hall–Kier alpha value is -3.02. The van der Waals surface area contributed by atoms with Gasteiger partial charge in [-0.25, -0.2) is 0 Å². The molecule has 6 nitrogen and oxygen atoms in total. The minimum atomic E-state index is 0.312. The maximum atomic E-state index is 6.10. The van der Waals surface area contributed by atoms with Crippen molar-refractivity contribution in [3.63, 3.8) is 0 Å². The molecule has 2 saturated carbocycles. The first-order valence-corrected chi connectivity index (χ1v) is 10.2. The van der Waals surface area contributed by atoms with Crippen LogP contribution in [0.5, 0.6) is 0 Å². The largest absolute Gasteiger partial charge is 0.382 e. The van der Waals surface area contributed by atoms with Crippen LogP contribution in [0.15, 0.2) is 36.5 Å². The van der Waals surface area contributed by atoms with Gasteiger partial charge in [-0.15, -0.1) is 0 Å². The third kappa shape index (κ3) is 1.78. The molecule has 4 aromatic rings. The van der Waals surface area contributed by atoms with Crippen LogP contribution in [-0.2, 0) is 0 Å². The molecule has 2 aromatic heterocycles. The monoisotopic (exact) mass is 370 g/mol. The summed E-state index contributed by atoms with van der Waals surface area (Å²) in [7, 11) is 0. The predicted octanol–water partition coefficient (Wildman–Crippen LogP) is 4.32. The van der Waals surface area contributed by atoms with Crippen LogP contribution < -0.4 is 11.1 Å². The number of aromatic nitrogens is 4. The van der Waals surface area contributed by atoms with Gasteiger partial charge in [-0.3, -0.25) is 10.2 Å². The predicted molar refractivity (Wildman–Crippen MR) is 110 cm³/mol. The number of nitrogens with zero attached hydrogens (tertiary/aromatic N) is 2. The summed E-state index contributed by atoms with van der Waals surface area (Å²) in [6.07, 6.45) is 6.01. The molecule has 0 amide bonds. The van der Waals surface area contributed by atoms with E-state index in [-0.39, 0.29) is 0 Å². The van der Waals surface area contributed by atoms with Crippen LogP contribution in [0, 0.1) is 17.8 Å². The number of aromatic amines is 2. The second kappa shape index (κ2) is 5.07. The van der Waals surface area contributed by atoms with E-state index in [1.165, 1.54) is 47.0 Å². The molecule has 140 valence electrons. The zero-order valence-electron chi connectivity index (χ0n) is 15.4. The zero-order valence-corrected chi connectivity index (χ0v) is 15.4. The summed E-state index contributed by atoms with van der Waals surface area (Å²) in [6, 6.07) is 11.3. The summed E-state index contributed by atoms with van der Waals surface area (Å²) in [5, 5.41) is 20.9. The minimum absolute atomic E-state index is 0.312.